The van der Waals surface area contributed by atoms with Gasteiger partial charge in [-0.15, -0.1) is 0 Å². The van der Waals surface area contributed by atoms with Crippen molar-refractivity contribution in [3.63, 3.8) is 0 Å². The number of hydrogen-bond acceptors (Lipinski definition) is 8. The fourth-order valence-corrected chi connectivity index (χ4v) is 4.31. The lowest BCUT2D eigenvalue weighted by atomic mass is 9.90. The quantitative estimate of drug-likeness (QED) is 0.346. The first-order valence-electron chi connectivity index (χ1n) is 12.9. The highest BCUT2D eigenvalue weighted by molar-refractivity contribution is 5.70. The number of hydrogen-bond donors (Lipinski definition) is 1. The van der Waals surface area contributed by atoms with Gasteiger partial charge in [0.25, 0.3) is 0 Å². The van der Waals surface area contributed by atoms with Gasteiger partial charge in [0, 0.05) is 18.4 Å². The molecular weight excluding hydrogens is 488 g/mol. The molecule has 0 unspecified atom stereocenters. The maximum absolute atomic E-state index is 12.4. The van der Waals surface area contributed by atoms with Gasteiger partial charge in [0.1, 0.15) is 19.3 Å². The molecule has 206 valence electrons. The molecule has 3 rings (SSSR count). The summed E-state index contributed by atoms with van der Waals surface area (Å²) in [5.74, 6) is 1.01. The summed E-state index contributed by atoms with van der Waals surface area (Å²) in [5, 5.41) is 10.1. The zero-order valence-corrected chi connectivity index (χ0v) is 23.0. The van der Waals surface area contributed by atoms with E-state index in [-0.39, 0.29) is 48.7 Å². The number of phenolic OH excluding ortho intramolecular Hbond substituents is 1. The lowest BCUT2D eigenvalue weighted by Gasteiger charge is -2.20. The third-order valence-electron chi connectivity index (χ3n) is 6.09. The van der Waals surface area contributed by atoms with Gasteiger partial charge in [-0.05, 0) is 53.3 Å². The molecule has 8 nitrogen and oxygen atoms in total. The molecule has 0 aliphatic carbocycles. The molecule has 2 aromatic carbocycles. The molecule has 2 atom stereocenters. The van der Waals surface area contributed by atoms with Crippen LogP contribution in [0.4, 0.5) is 0 Å². The number of carbonyl (C=O) groups is 2. The standard InChI is InChI=1S/C30H38O8/c1-18(2)12-27(32)36-11-7-8-20-14-22-23(17-37-28(33)13-19(3)4)29(38-30(22)26(15-20)35-6)21-9-10-24(31)25(16-21)34-5/h7-10,14-16,18-19,23,29,31H,11-13,17H2,1-6H3/b8-7+/t23-,29-/m0/s1. The number of rotatable bonds is 12. The Labute approximate surface area is 224 Å². The van der Waals surface area contributed by atoms with Gasteiger partial charge in [0.2, 0.25) is 0 Å². The molecule has 0 spiro atoms. The third kappa shape index (κ3) is 7.43. The van der Waals surface area contributed by atoms with E-state index in [4.69, 9.17) is 23.7 Å². The summed E-state index contributed by atoms with van der Waals surface area (Å²) < 4.78 is 28.3. The largest absolute Gasteiger partial charge is 0.504 e. The maximum atomic E-state index is 12.4. The molecule has 8 heteroatoms. The molecule has 1 N–H and O–H groups in total. The average molecular weight is 527 g/mol. The zero-order valence-electron chi connectivity index (χ0n) is 23.0. The number of fused-ring (bicyclic) bond motifs is 1. The van der Waals surface area contributed by atoms with Gasteiger partial charge in [-0.3, -0.25) is 9.59 Å². The number of esters is 2. The summed E-state index contributed by atoms with van der Waals surface area (Å²) in [7, 11) is 3.05. The van der Waals surface area contributed by atoms with Crippen LogP contribution in [0.1, 0.15) is 69.2 Å². The second-order valence-electron chi connectivity index (χ2n) is 10.2. The van der Waals surface area contributed by atoms with Crippen LogP contribution >= 0.6 is 0 Å². The van der Waals surface area contributed by atoms with Crippen molar-refractivity contribution in [3.8, 4) is 23.0 Å². The van der Waals surface area contributed by atoms with Crippen LogP contribution in [-0.2, 0) is 19.1 Å². The number of phenols is 1. The minimum Gasteiger partial charge on any atom is -0.504 e. The number of aromatic hydroxyl groups is 1. The molecule has 0 fully saturated rings. The van der Waals surface area contributed by atoms with E-state index in [1.807, 2.05) is 45.9 Å². The van der Waals surface area contributed by atoms with Gasteiger partial charge in [-0.1, -0.05) is 39.8 Å². The SMILES string of the molecule is COc1cc([C@@H]2Oc3c(OC)cc(/C=C/COC(=O)CC(C)C)cc3[C@@H]2COC(=O)CC(C)C)ccc1O. The molecule has 0 bridgehead atoms. The molecule has 0 amide bonds. The van der Waals surface area contributed by atoms with Crippen molar-refractivity contribution in [3.05, 3.63) is 53.1 Å². The predicted molar refractivity (Wildman–Crippen MR) is 144 cm³/mol. The fourth-order valence-electron chi connectivity index (χ4n) is 4.31. The van der Waals surface area contributed by atoms with E-state index in [0.717, 1.165) is 16.7 Å². The Morgan fingerprint density at radius 2 is 1.61 bits per heavy atom. The van der Waals surface area contributed by atoms with E-state index in [2.05, 4.69) is 0 Å². The summed E-state index contributed by atoms with van der Waals surface area (Å²) in [5.41, 5.74) is 2.42. The van der Waals surface area contributed by atoms with E-state index in [0.29, 0.717) is 30.1 Å². The molecule has 0 radical (unpaired) electrons. The van der Waals surface area contributed by atoms with Crippen LogP contribution in [0.25, 0.3) is 6.08 Å². The summed E-state index contributed by atoms with van der Waals surface area (Å²) in [4.78, 5) is 24.2. The van der Waals surface area contributed by atoms with Crippen LogP contribution < -0.4 is 14.2 Å². The normalized spacial score (nSPS) is 16.4. The molecule has 1 aliphatic heterocycles. The van der Waals surface area contributed by atoms with Crippen LogP contribution in [0, 0.1) is 11.8 Å². The molecule has 2 aromatic rings. The number of methoxy groups -OCH3 is 2. The van der Waals surface area contributed by atoms with Crippen molar-refractivity contribution < 1.29 is 38.4 Å². The van der Waals surface area contributed by atoms with Crippen molar-refractivity contribution in [1.29, 1.82) is 0 Å². The summed E-state index contributed by atoms with van der Waals surface area (Å²) in [6, 6.07) is 8.83. The first-order chi connectivity index (χ1) is 18.1. The second kappa shape index (κ2) is 13.2. The van der Waals surface area contributed by atoms with Gasteiger partial charge in [-0.2, -0.15) is 0 Å². The van der Waals surface area contributed by atoms with Crippen LogP contribution in [0.5, 0.6) is 23.0 Å². The van der Waals surface area contributed by atoms with Gasteiger partial charge in [0.05, 0.1) is 20.1 Å². The Balaban J connectivity index is 1.91. The molecule has 0 saturated carbocycles. The van der Waals surface area contributed by atoms with Gasteiger partial charge in [0.15, 0.2) is 23.0 Å². The van der Waals surface area contributed by atoms with Crippen LogP contribution in [0.2, 0.25) is 0 Å². The minimum absolute atomic E-state index is 0.0192. The molecule has 1 aliphatic rings. The third-order valence-corrected chi connectivity index (χ3v) is 6.09. The van der Waals surface area contributed by atoms with Crippen molar-refractivity contribution in [2.75, 3.05) is 27.4 Å². The Hall–Kier alpha value is -3.68. The topological polar surface area (TPSA) is 101 Å². The lowest BCUT2D eigenvalue weighted by molar-refractivity contribution is -0.145. The predicted octanol–water partition coefficient (Wildman–Crippen LogP) is 5.82. The van der Waals surface area contributed by atoms with Crippen molar-refractivity contribution >= 4 is 18.0 Å². The van der Waals surface area contributed by atoms with Crippen LogP contribution in [-0.4, -0.2) is 44.5 Å². The van der Waals surface area contributed by atoms with Gasteiger partial charge >= 0.3 is 11.9 Å². The first-order valence-corrected chi connectivity index (χ1v) is 12.9. The Bertz CT molecular complexity index is 1150. The van der Waals surface area contributed by atoms with Crippen molar-refractivity contribution in [1.82, 2.24) is 0 Å². The summed E-state index contributed by atoms with van der Waals surface area (Å²) >= 11 is 0. The van der Waals surface area contributed by atoms with Crippen LogP contribution in [0.3, 0.4) is 0 Å². The highest BCUT2D eigenvalue weighted by Gasteiger charge is 2.39. The van der Waals surface area contributed by atoms with Gasteiger partial charge < -0.3 is 28.8 Å². The Morgan fingerprint density at radius 3 is 2.24 bits per heavy atom. The summed E-state index contributed by atoms with van der Waals surface area (Å²) in [6.07, 6.45) is 3.81. The number of benzene rings is 2. The molecule has 0 saturated heterocycles. The smallest absolute Gasteiger partial charge is 0.306 e. The molecule has 1 heterocycles. The monoisotopic (exact) mass is 526 g/mol. The number of carbonyl (C=O) groups excluding carboxylic acids is 2. The van der Waals surface area contributed by atoms with Gasteiger partial charge in [-0.25, -0.2) is 0 Å². The van der Waals surface area contributed by atoms with Crippen molar-refractivity contribution in [2.45, 2.75) is 52.6 Å². The average Bonchev–Trinajstić information content (AvgIpc) is 3.22. The lowest BCUT2D eigenvalue weighted by Crippen LogP contribution is -2.18. The second-order valence-corrected chi connectivity index (χ2v) is 10.2. The Kier molecular flexibility index (Phi) is 10.0. The first kappa shape index (κ1) is 28.9. The highest BCUT2D eigenvalue weighted by Crippen LogP contribution is 2.51. The van der Waals surface area contributed by atoms with E-state index in [1.165, 1.54) is 7.11 Å². The van der Waals surface area contributed by atoms with Crippen molar-refractivity contribution in [2.24, 2.45) is 11.8 Å². The fraction of sp³-hybridized carbons (Fsp3) is 0.467. The minimum atomic E-state index is -0.503. The van der Waals surface area contributed by atoms with E-state index >= 15 is 0 Å². The van der Waals surface area contributed by atoms with Crippen LogP contribution in [0.15, 0.2) is 36.4 Å². The van der Waals surface area contributed by atoms with E-state index < -0.39 is 6.10 Å². The molecular formula is C30H38O8. The molecule has 0 aromatic heterocycles. The number of ether oxygens (including phenoxy) is 5. The zero-order chi connectivity index (χ0) is 27.8. The van der Waals surface area contributed by atoms with E-state index in [1.54, 1.807) is 31.4 Å². The van der Waals surface area contributed by atoms with E-state index in [9.17, 15) is 14.7 Å². The Morgan fingerprint density at radius 1 is 0.947 bits per heavy atom. The molecule has 38 heavy (non-hydrogen) atoms. The highest BCUT2D eigenvalue weighted by atomic mass is 16.5. The summed E-state index contributed by atoms with van der Waals surface area (Å²) in [6.45, 7) is 8.12. The maximum Gasteiger partial charge on any atom is 0.306 e.